The van der Waals surface area contributed by atoms with Gasteiger partial charge < -0.3 is 24.1 Å². The first kappa shape index (κ1) is 27.0. The molecule has 1 aliphatic carbocycles. The highest BCUT2D eigenvalue weighted by Crippen LogP contribution is 2.42. The van der Waals surface area contributed by atoms with E-state index in [4.69, 9.17) is 9.31 Å². The molecule has 36 heavy (non-hydrogen) atoms. The number of aryl methyl sites for hydroxylation is 1. The van der Waals surface area contributed by atoms with Gasteiger partial charge >= 0.3 is 15.0 Å². The van der Waals surface area contributed by atoms with E-state index in [2.05, 4.69) is 47.9 Å². The van der Waals surface area contributed by atoms with Gasteiger partial charge in [-0.2, -0.15) is 0 Å². The molecule has 0 spiro atoms. The molecular formula is C29H39B2NO4. The zero-order valence-corrected chi connectivity index (χ0v) is 23.2. The van der Waals surface area contributed by atoms with Crippen molar-refractivity contribution in [3.05, 3.63) is 47.5 Å². The van der Waals surface area contributed by atoms with Crippen molar-refractivity contribution in [3.63, 3.8) is 0 Å². The molecule has 3 aromatic rings. The van der Waals surface area contributed by atoms with Crippen molar-refractivity contribution in [3.8, 4) is 11.3 Å². The van der Waals surface area contributed by atoms with Gasteiger partial charge in [-0.15, -0.1) is 0 Å². The number of hydrogen-bond acceptors (Lipinski definition) is 4. The molecule has 0 atom stereocenters. The Labute approximate surface area is 217 Å². The van der Waals surface area contributed by atoms with Crippen LogP contribution in [0.2, 0.25) is 0 Å². The second-order valence-electron chi connectivity index (χ2n) is 12.1. The van der Waals surface area contributed by atoms with Gasteiger partial charge in [0.2, 0.25) is 0 Å². The minimum absolute atomic E-state index is 0.710. The Morgan fingerprint density at radius 1 is 0.806 bits per heavy atom. The maximum absolute atomic E-state index is 10.4. The number of hydrogen-bond donors (Lipinski definition) is 2. The van der Waals surface area contributed by atoms with Gasteiger partial charge in [-0.3, -0.25) is 0 Å². The molecule has 190 valence electrons. The predicted octanol–water partition coefficient (Wildman–Crippen LogP) is 3.85. The van der Waals surface area contributed by atoms with Crippen LogP contribution in [-0.4, -0.2) is 52.1 Å². The van der Waals surface area contributed by atoms with Gasteiger partial charge in [0.15, 0.2) is 0 Å². The molecule has 0 amide bonds. The van der Waals surface area contributed by atoms with Crippen LogP contribution in [0.4, 0.5) is 0 Å². The molecule has 0 bridgehead atoms. The third kappa shape index (κ3) is 4.79. The zero-order chi connectivity index (χ0) is 26.7. The molecule has 1 aliphatic rings. The third-order valence-corrected chi connectivity index (χ3v) is 8.19. The first-order chi connectivity index (χ1) is 16.6. The van der Waals surface area contributed by atoms with E-state index >= 15 is 0 Å². The monoisotopic (exact) mass is 487 g/mol. The van der Waals surface area contributed by atoms with E-state index in [9.17, 15) is 10.2 Å². The molecule has 0 aliphatic heterocycles. The van der Waals surface area contributed by atoms with Crippen molar-refractivity contribution >= 4 is 36.8 Å². The van der Waals surface area contributed by atoms with Crippen LogP contribution in [0.25, 0.3) is 22.2 Å². The molecule has 4 rings (SSSR count). The van der Waals surface area contributed by atoms with E-state index in [0.717, 1.165) is 23.9 Å². The number of aromatic nitrogens is 1. The van der Waals surface area contributed by atoms with Crippen LogP contribution in [0.5, 0.6) is 0 Å². The third-order valence-electron chi connectivity index (χ3n) is 8.19. The van der Waals surface area contributed by atoms with E-state index in [1.54, 1.807) is 42.7 Å². The van der Waals surface area contributed by atoms with E-state index in [-0.39, 0.29) is 0 Å². The minimum atomic E-state index is -0.970. The van der Waals surface area contributed by atoms with Crippen LogP contribution in [-0.2, 0) is 22.3 Å². The second kappa shape index (κ2) is 9.05. The van der Waals surface area contributed by atoms with E-state index in [1.807, 2.05) is 27.7 Å². The normalized spacial score (nSPS) is 14.2. The predicted molar refractivity (Wildman–Crippen MR) is 150 cm³/mol. The molecule has 0 unspecified atom stereocenters. The molecule has 1 aromatic heterocycles. The Balaban J connectivity index is 1.62. The minimum Gasteiger partial charge on any atom is -0.427 e. The van der Waals surface area contributed by atoms with Gasteiger partial charge in [0.05, 0.1) is 28.1 Å². The van der Waals surface area contributed by atoms with Crippen molar-refractivity contribution in [2.75, 3.05) is 0 Å². The van der Waals surface area contributed by atoms with E-state index in [1.165, 1.54) is 33.3 Å². The van der Waals surface area contributed by atoms with Crippen LogP contribution in [0.1, 0.15) is 73.4 Å². The lowest BCUT2D eigenvalue weighted by Crippen LogP contribution is -2.49. The molecule has 5 nitrogen and oxygen atoms in total. The van der Waals surface area contributed by atoms with Gasteiger partial charge in [0.25, 0.3) is 0 Å². The summed E-state index contributed by atoms with van der Waals surface area (Å²) in [5.74, 6) is 0. The Bertz CT molecular complexity index is 1280. The topological polar surface area (TPSA) is 63.9 Å². The number of aliphatic hydroxyl groups is 2. The molecule has 0 saturated carbocycles. The van der Waals surface area contributed by atoms with Crippen molar-refractivity contribution < 1.29 is 19.5 Å². The van der Waals surface area contributed by atoms with Crippen LogP contribution in [0, 0.1) is 0 Å². The maximum atomic E-state index is 10.4. The first-order valence-electron chi connectivity index (χ1n) is 12.8. The lowest BCUT2D eigenvalue weighted by molar-refractivity contribution is -0.0893. The maximum Gasteiger partial charge on any atom is 0.330 e. The van der Waals surface area contributed by atoms with Gasteiger partial charge in [-0.25, -0.2) is 0 Å². The molecule has 2 aromatic carbocycles. The van der Waals surface area contributed by atoms with Crippen molar-refractivity contribution in [1.29, 1.82) is 0 Å². The summed E-state index contributed by atoms with van der Waals surface area (Å²) >= 11 is 0. The Morgan fingerprint density at radius 2 is 1.33 bits per heavy atom. The largest absolute Gasteiger partial charge is 0.427 e. The molecule has 2 radical (unpaired) electrons. The van der Waals surface area contributed by atoms with Crippen LogP contribution in [0.15, 0.2) is 36.4 Å². The summed E-state index contributed by atoms with van der Waals surface area (Å²) in [6.45, 7) is 17.7. The first-order valence-corrected chi connectivity index (χ1v) is 12.8. The summed E-state index contributed by atoms with van der Waals surface area (Å²) in [4.78, 5) is 0. The van der Waals surface area contributed by atoms with Crippen molar-refractivity contribution in [2.45, 2.75) is 97.7 Å². The average Bonchev–Trinajstić information content (AvgIpc) is 3.28. The summed E-state index contributed by atoms with van der Waals surface area (Å²) in [7, 11) is 3.51. The SMILES string of the molecule is CCn1c2c(c3cc([B]OC(C)(C)C(C)(C)O)ccc31)Cc1cc([B]OC(C)(C)C(C)(C)O)ccc1-2. The fraction of sp³-hybridized carbons (Fsp3) is 0.517. The fourth-order valence-electron chi connectivity index (χ4n) is 4.30. The van der Waals surface area contributed by atoms with Crippen LogP contribution < -0.4 is 10.9 Å². The number of rotatable bonds is 9. The number of fused-ring (bicyclic) bond motifs is 5. The summed E-state index contributed by atoms with van der Waals surface area (Å²) in [6.07, 6.45) is 0.851. The zero-order valence-electron chi connectivity index (χ0n) is 23.2. The van der Waals surface area contributed by atoms with Gasteiger partial charge in [-0.1, -0.05) is 41.3 Å². The highest BCUT2D eigenvalue weighted by Gasteiger charge is 2.37. The second-order valence-corrected chi connectivity index (χ2v) is 12.1. The molecular weight excluding hydrogens is 448 g/mol. The van der Waals surface area contributed by atoms with Gasteiger partial charge in [0.1, 0.15) is 0 Å². The van der Waals surface area contributed by atoms with Crippen LogP contribution in [0.3, 0.4) is 0 Å². The highest BCUT2D eigenvalue weighted by atomic mass is 16.5. The van der Waals surface area contributed by atoms with Crippen molar-refractivity contribution in [2.24, 2.45) is 0 Å². The smallest absolute Gasteiger partial charge is 0.330 e. The lowest BCUT2D eigenvalue weighted by Gasteiger charge is -2.37. The van der Waals surface area contributed by atoms with E-state index in [0.29, 0.717) is 0 Å². The van der Waals surface area contributed by atoms with E-state index < -0.39 is 22.4 Å². The molecule has 0 saturated heterocycles. The molecule has 7 heteroatoms. The van der Waals surface area contributed by atoms with Gasteiger partial charge in [-0.05, 0) is 79.5 Å². The molecule has 1 heterocycles. The van der Waals surface area contributed by atoms with Crippen LogP contribution >= 0.6 is 0 Å². The summed E-state index contributed by atoms with van der Waals surface area (Å²) < 4.78 is 14.4. The summed E-state index contributed by atoms with van der Waals surface area (Å²) in [5, 5.41) is 22.1. The Kier molecular flexibility index (Phi) is 6.79. The number of nitrogens with zero attached hydrogens (tertiary/aromatic N) is 1. The highest BCUT2D eigenvalue weighted by molar-refractivity contribution is 6.48. The lowest BCUT2D eigenvalue weighted by atomic mass is 9.81. The quantitative estimate of drug-likeness (QED) is 0.352. The van der Waals surface area contributed by atoms with Crippen molar-refractivity contribution in [1.82, 2.24) is 4.57 Å². The van der Waals surface area contributed by atoms with Gasteiger partial charge in [0, 0.05) is 29.4 Å². The number of benzene rings is 2. The summed E-state index contributed by atoms with van der Waals surface area (Å²) in [5.41, 5.74) is 4.96. The average molecular weight is 487 g/mol. The Hall–Kier alpha value is -2.05. The molecule has 2 N–H and O–H groups in total. The standard InChI is InChI=1S/C29H39B2NO4/c1-10-32-24-14-12-20(31-36-29(8,9)27(4,5)34)17-22(24)23-16-18-15-19(11-13-21(18)25(23)32)30-35-28(6,7)26(2,3)33/h11-15,17,33-34H,10,16H2,1-9H3. The molecule has 0 fully saturated rings. The Morgan fingerprint density at radius 3 is 1.86 bits per heavy atom. The summed E-state index contributed by atoms with van der Waals surface area (Å²) in [6, 6.07) is 12.9. The fourth-order valence-corrected chi connectivity index (χ4v) is 4.30.